The zero-order valence-corrected chi connectivity index (χ0v) is 6.81. The highest BCUT2D eigenvalue weighted by molar-refractivity contribution is 9.11. The maximum Gasteiger partial charge on any atom is 0.123 e. The number of halogens is 2. The summed E-state index contributed by atoms with van der Waals surface area (Å²) in [4.78, 5) is 1.70. The van der Waals surface area contributed by atoms with Crippen LogP contribution in [0.3, 0.4) is 0 Å². The molecule has 1 aromatic carbocycles. The average molecular weight is 201 g/mol. The Morgan fingerprint density at radius 3 is 2.80 bits per heavy atom. The smallest absolute Gasteiger partial charge is 0.123 e. The highest BCUT2D eigenvalue weighted by Crippen LogP contribution is 2.05. The molecule has 0 aliphatic rings. The molecule has 52 valence electrons. The van der Waals surface area contributed by atoms with E-state index in [0.29, 0.717) is 0 Å². The third-order valence-electron chi connectivity index (χ3n) is 1.10. The van der Waals surface area contributed by atoms with Crippen molar-refractivity contribution in [2.45, 2.75) is 0 Å². The molecule has 0 nitrogen and oxygen atoms in total. The van der Waals surface area contributed by atoms with Crippen LogP contribution in [0.2, 0.25) is 0 Å². The number of hydrogen-bond acceptors (Lipinski definition) is 0. The number of rotatable bonds is 1. The van der Waals surface area contributed by atoms with Crippen LogP contribution in [0.5, 0.6) is 0 Å². The molecule has 0 aromatic heterocycles. The summed E-state index contributed by atoms with van der Waals surface area (Å²) in [5.41, 5.74) is 0.858. The molecule has 0 radical (unpaired) electrons. The Labute approximate surface area is 67.5 Å². The van der Waals surface area contributed by atoms with E-state index in [1.54, 1.807) is 17.1 Å². The van der Waals surface area contributed by atoms with Gasteiger partial charge in [-0.1, -0.05) is 28.1 Å². The van der Waals surface area contributed by atoms with Crippen molar-refractivity contribution in [1.82, 2.24) is 0 Å². The van der Waals surface area contributed by atoms with Gasteiger partial charge in [-0.15, -0.1) is 0 Å². The Hall–Kier alpha value is -0.630. The Kier molecular flexibility index (Phi) is 2.63. The zero-order chi connectivity index (χ0) is 7.40. The van der Waals surface area contributed by atoms with Crippen LogP contribution in [0.4, 0.5) is 4.39 Å². The van der Waals surface area contributed by atoms with Gasteiger partial charge in [-0.25, -0.2) is 4.39 Å². The number of hydrogen-bond donors (Lipinski definition) is 0. The lowest BCUT2D eigenvalue weighted by molar-refractivity contribution is 0.627. The van der Waals surface area contributed by atoms with Gasteiger partial charge in [0, 0.05) is 0 Å². The van der Waals surface area contributed by atoms with Gasteiger partial charge >= 0.3 is 0 Å². The second kappa shape index (κ2) is 3.52. The molecule has 10 heavy (non-hydrogen) atoms. The number of benzene rings is 1. The van der Waals surface area contributed by atoms with Crippen molar-refractivity contribution in [2.75, 3.05) is 0 Å². The maximum atomic E-state index is 12.4. The summed E-state index contributed by atoms with van der Waals surface area (Å²) in [5.74, 6) is -0.205. The topological polar surface area (TPSA) is 0 Å². The van der Waals surface area contributed by atoms with E-state index in [-0.39, 0.29) is 5.82 Å². The van der Waals surface area contributed by atoms with Crippen LogP contribution in [0.25, 0.3) is 6.08 Å². The molecule has 1 aromatic rings. The molecule has 0 aliphatic carbocycles. The van der Waals surface area contributed by atoms with Crippen LogP contribution < -0.4 is 0 Å². The molecule has 0 aliphatic heterocycles. The Morgan fingerprint density at radius 2 is 2.20 bits per heavy atom. The second-order valence-electron chi connectivity index (χ2n) is 1.85. The molecule has 2 heteroatoms. The molecule has 0 saturated carbocycles. The molecule has 0 spiro atoms. The van der Waals surface area contributed by atoms with Gasteiger partial charge in [0.25, 0.3) is 0 Å². The van der Waals surface area contributed by atoms with E-state index in [0.717, 1.165) is 5.56 Å². The Morgan fingerprint density at radius 1 is 1.40 bits per heavy atom. The molecule has 0 saturated heterocycles. The Balaban J connectivity index is 2.95. The van der Waals surface area contributed by atoms with E-state index in [9.17, 15) is 4.39 Å². The van der Waals surface area contributed by atoms with Gasteiger partial charge in [-0.3, -0.25) is 0 Å². The fourth-order valence-corrected chi connectivity index (χ4v) is 0.988. The molecule has 0 N–H and O–H groups in total. The second-order valence-corrected chi connectivity index (χ2v) is 2.38. The highest BCUT2D eigenvalue weighted by Gasteiger charge is 1.87. The molecule has 0 bridgehead atoms. The van der Waals surface area contributed by atoms with Crippen LogP contribution >= 0.6 is 15.9 Å². The molecule has 0 amide bonds. The van der Waals surface area contributed by atoms with E-state index < -0.39 is 0 Å². The molecule has 0 unspecified atom stereocenters. The van der Waals surface area contributed by atoms with Crippen molar-refractivity contribution in [3.05, 3.63) is 40.6 Å². The van der Waals surface area contributed by atoms with Crippen molar-refractivity contribution >= 4 is 22.0 Å². The molecular weight excluding hydrogens is 195 g/mol. The normalized spacial score (nSPS) is 10.6. The highest BCUT2D eigenvalue weighted by atomic mass is 79.9. The predicted molar refractivity (Wildman–Crippen MR) is 44.4 cm³/mol. The quantitative estimate of drug-likeness (QED) is 0.654. The third kappa shape index (κ3) is 1.95. The van der Waals surface area contributed by atoms with Gasteiger partial charge in [-0.2, -0.15) is 0 Å². The third-order valence-corrected chi connectivity index (χ3v) is 1.37. The average Bonchev–Trinajstić information content (AvgIpc) is 1.88. The fraction of sp³-hybridized carbons (Fsp3) is 0. The summed E-state index contributed by atoms with van der Waals surface area (Å²) in [5, 5.41) is 0. The molecule has 0 fully saturated rings. The largest absolute Gasteiger partial charge is 0.207 e. The van der Waals surface area contributed by atoms with Crippen LogP contribution in [0.15, 0.2) is 29.3 Å². The van der Waals surface area contributed by atoms with Crippen LogP contribution in [0, 0.1) is 5.82 Å². The molecular formula is C8H6BrF. The van der Waals surface area contributed by atoms with Gasteiger partial charge in [0.2, 0.25) is 0 Å². The first-order chi connectivity index (χ1) is 4.83. The van der Waals surface area contributed by atoms with Crippen molar-refractivity contribution in [3.63, 3.8) is 0 Å². The lowest BCUT2D eigenvalue weighted by Gasteiger charge is -1.90. The van der Waals surface area contributed by atoms with Gasteiger partial charge in [-0.05, 0) is 28.8 Å². The zero-order valence-electron chi connectivity index (χ0n) is 5.22. The fourth-order valence-electron chi connectivity index (χ4n) is 0.683. The van der Waals surface area contributed by atoms with E-state index in [2.05, 4.69) is 15.9 Å². The van der Waals surface area contributed by atoms with Crippen LogP contribution in [0.1, 0.15) is 5.56 Å². The minimum Gasteiger partial charge on any atom is -0.207 e. The van der Waals surface area contributed by atoms with Gasteiger partial charge in [0.05, 0.1) is 0 Å². The van der Waals surface area contributed by atoms with Crippen LogP contribution in [-0.4, -0.2) is 0 Å². The summed E-state index contributed by atoms with van der Waals surface area (Å²) < 4.78 is 12.4. The summed E-state index contributed by atoms with van der Waals surface area (Å²) >= 11 is 3.11. The first kappa shape index (κ1) is 7.48. The van der Waals surface area contributed by atoms with Crippen molar-refractivity contribution in [1.29, 1.82) is 0 Å². The first-order valence-corrected chi connectivity index (χ1v) is 3.77. The summed E-state index contributed by atoms with van der Waals surface area (Å²) in [7, 11) is 0. The van der Waals surface area contributed by atoms with Crippen LogP contribution in [-0.2, 0) is 0 Å². The van der Waals surface area contributed by atoms with Crippen molar-refractivity contribution in [3.8, 4) is 0 Å². The Bertz CT molecular complexity index is 243. The standard InChI is InChI=1S/C8H6BrF/c9-5-4-7-2-1-3-8(10)6-7/h1-6H/b5-4+. The van der Waals surface area contributed by atoms with E-state index in [1.807, 2.05) is 6.07 Å². The summed E-state index contributed by atoms with van der Waals surface area (Å²) in [6, 6.07) is 6.40. The molecule has 0 heterocycles. The summed E-state index contributed by atoms with van der Waals surface area (Å²) in [6.07, 6.45) is 1.78. The summed E-state index contributed by atoms with van der Waals surface area (Å²) in [6.45, 7) is 0. The SMILES string of the molecule is Fc1cccc(/C=C/Br)c1. The minimum atomic E-state index is -0.205. The van der Waals surface area contributed by atoms with Gasteiger partial charge in [0.15, 0.2) is 0 Å². The minimum absolute atomic E-state index is 0.205. The predicted octanol–water partition coefficient (Wildman–Crippen LogP) is 3.19. The van der Waals surface area contributed by atoms with Crippen molar-refractivity contribution < 1.29 is 4.39 Å². The molecule has 0 atom stereocenters. The molecule has 1 rings (SSSR count). The lowest BCUT2D eigenvalue weighted by Crippen LogP contribution is -1.73. The van der Waals surface area contributed by atoms with Crippen molar-refractivity contribution in [2.24, 2.45) is 0 Å². The van der Waals surface area contributed by atoms with Gasteiger partial charge < -0.3 is 0 Å². The van der Waals surface area contributed by atoms with E-state index >= 15 is 0 Å². The monoisotopic (exact) mass is 200 g/mol. The van der Waals surface area contributed by atoms with E-state index in [1.165, 1.54) is 12.1 Å². The lowest BCUT2D eigenvalue weighted by atomic mass is 10.2. The first-order valence-electron chi connectivity index (χ1n) is 2.85. The van der Waals surface area contributed by atoms with E-state index in [4.69, 9.17) is 0 Å². The maximum absolute atomic E-state index is 12.4. The van der Waals surface area contributed by atoms with Gasteiger partial charge in [0.1, 0.15) is 5.82 Å².